The fourth-order valence-corrected chi connectivity index (χ4v) is 3.52. The number of ether oxygens (including phenoxy) is 2. The predicted molar refractivity (Wildman–Crippen MR) is 117 cm³/mol. The largest absolute Gasteiger partial charge is 0.493 e. The molecule has 1 aromatic heterocycles. The van der Waals surface area contributed by atoms with E-state index in [-0.39, 0.29) is 17.7 Å². The minimum Gasteiger partial charge on any atom is -0.493 e. The van der Waals surface area contributed by atoms with Crippen molar-refractivity contribution in [1.29, 1.82) is 0 Å². The van der Waals surface area contributed by atoms with Crippen molar-refractivity contribution in [1.82, 2.24) is 9.36 Å². The third-order valence-corrected chi connectivity index (χ3v) is 5.39. The van der Waals surface area contributed by atoms with Crippen LogP contribution in [0, 0.1) is 0 Å². The van der Waals surface area contributed by atoms with Gasteiger partial charge in [0, 0.05) is 12.6 Å². The molecule has 0 aliphatic heterocycles. The van der Waals surface area contributed by atoms with E-state index in [1.165, 1.54) is 14.0 Å². The van der Waals surface area contributed by atoms with Gasteiger partial charge < -0.3 is 14.6 Å². The van der Waals surface area contributed by atoms with Gasteiger partial charge in [-0.2, -0.15) is 0 Å². The molecule has 3 aromatic rings. The second-order valence-electron chi connectivity index (χ2n) is 6.57. The van der Waals surface area contributed by atoms with E-state index in [1.54, 1.807) is 40.7 Å². The highest BCUT2D eigenvalue weighted by atomic mass is 79.9. The molecule has 1 N–H and O–H groups in total. The molecule has 0 aliphatic carbocycles. The van der Waals surface area contributed by atoms with Crippen molar-refractivity contribution in [3.63, 3.8) is 0 Å². The Morgan fingerprint density at radius 3 is 2.50 bits per heavy atom. The Bertz CT molecular complexity index is 1160. The highest BCUT2D eigenvalue weighted by Crippen LogP contribution is 2.30. The molecule has 0 spiro atoms. The number of aromatic nitrogens is 2. The molecule has 0 atom stereocenters. The molecular formula is C22H21BrN2O5. The lowest BCUT2D eigenvalue weighted by molar-refractivity contribution is -0.132. The van der Waals surface area contributed by atoms with Gasteiger partial charge in [0.2, 0.25) is 0 Å². The molecule has 8 heteroatoms. The van der Waals surface area contributed by atoms with Crippen LogP contribution in [0.25, 0.3) is 11.8 Å². The van der Waals surface area contributed by atoms with E-state index in [4.69, 9.17) is 14.6 Å². The Morgan fingerprint density at radius 2 is 1.87 bits per heavy atom. The summed E-state index contributed by atoms with van der Waals surface area (Å²) in [4.78, 5) is 23.7. The van der Waals surface area contributed by atoms with Crippen LogP contribution in [0.15, 0.2) is 63.4 Å². The summed E-state index contributed by atoms with van der Waals surface area (Å²) in [6.07, 6.45) is 1.55. The van der Waals surface area contributed by atoms with Crippen molar-refractivity contribution in [2.24, 2.45) is 7.05 Å². The third-order valence-electron chi connectivity index (χ3n) is 4.60. The van der Waals surface area contributed by atoms with Gasteiger partial charge in [0.05, 0.1) is 18.5 Å². The first-order chi connectivity index (χ1) is 14.3. The molecule has 1 heterocycles. The number of carbonyl (C=O) groups is 1. The Labute approximate surface area is 181 Å². The van der Waals surface area contributed by atoms with Crippen LogP contribution in [-0.2, 0) is 18.4 Å². The van der Waals surface area contributed by atoms with Gasteiger partial charge in [0.25, 0.3) is 5.56 Å². The number of nitrogens with zero attached hydrogens (tertiary/aromatic N) is 2. The molecule has 3 rings (SSSR count). The van der Waals surface area contributed by atoms with Gasteiger partial charge in [-0.3, -0.25) is 9.48 Å². The van der Waals surface area contributed by atoms with Crippen LogP contribution in [0.5, 0.6) is 11.5 Å². The predicted octanol–water partition coefficient (Wildman–Crippen LogP) is 4.01. The summed E-state index contributed by atoms with van der Waals surface area (Å²) in [5.41, 5.74) is 2.13. The number of halogens is 1. The topological polar surface area (TPSA) is 82.7 Å². The number of aliphatic carboxylic acids is 1. The number of carboxylic acids is 1. The fourth-order valence-electron chi connectivity index (χ4n) is 2.98. The zero-order chi connectivity index (χ0) is 21.8. The van der Waals surface area contributed by atoms with Gasteiger partial charge in [-0.15, -0.1) is 0 Å². The van der Waals surface area contributed by atoms with Gasteiger partial charge in [0.1, 0.15) is 11.1 Å². The molecule has 0 saturated heterocycles. The molecule has 0 bridgehead atoms. The van der Waals surface area contributed by atoms with Crippen LogP contribution >= 0.6 is 15.9 Å². The van der Waals surface area contributed by atoms with E-state index in [2.05, 4.69) is 15.9 Å². The van der Waals surface area contributed by atoms with Crippen LogP contribution in [-0.4, -0.2) is 27.5 Å². The number of hydrogen-bond donors (Lipinski definition) is 1. The molecule has 0 aliphatic rings. The third kappa shape index (κ3) is 4.33. The SMILES string of the molecule is COc1cc(/C=C(\C)C(=O)O)ccc1OCc1c(Br)c(=O)n(-c2ccccc2)n1C. The number of hydrogen-bond acceptors (Lipinski definition) is 4. The van der Waals surface area contributed by atoms with E-state index in [0.717, 1.165) is 5.69 Å². The first-order valence-electron chi connectivity index (χ1n) is 9.07. The molecule has 0 unspecified atom stereocenters. The summed E-state index contributed by atoms with van der Waals surface area (Å²) in [6, 6.07) is 14.5. The average molecular weight is 473 g/mol. The molecule has 0 saturated carbocycles. The average Bonchev–Trinajstić information content (AvgIpc) is 2.95. The Balaban J connectivity index is 1.88. The molecule has 2 aromatic carbocycles. The maximum Gasteiger partial charge on any atom is 0.331 e. The summed E-state index contributed by atoms with van der Waals surface area (Å²) in [5.74, 6) is -0.0389. The lowest BCUT2D eigenvalue weighted by Crippen LogP contribution is -2.19. The molecule has 0 amide bonds. The van der Waals surface area contributed by atoms with Gasteiger partial charge >= 0.3 is 5.97 Å². The van der Waals surface area contributed by atoms with Gasteiger partial charge in [0.15, 0.2) is 11.5 Å². The van der Waals surface area contributed by atoms with E-state index >= 15 is 0 Å². The molecule has 156 valence electrons. The summed E-state index contributed by atoms with van der Waals surface area (Å²) in [7, 11) is 3.30. The number of rotatable bonds is 7. The smallest absolute Gasteiger partial charge is 0.331 e. The minimum absolute atomic E-state index is 0.131. The lowest BCUT2D eigenvalue weighted by atomic mass is 10.1. The second kappa shape index (κ2) is 9.04. The molecule has 0 radical (unpaired) electrons. The van der Waals surface area contributed by atoms with E-state index in [1.807, 2.05) is 30.3 Å². The first kappa shape index (κ1) is 21.4. The fraction of sp³-hybridized carbons (Fsp3) is 0.182. The maximum atomic E-state index is 12.7. The minimum atomic E-state index is -0.983. The zero-order valence-electron chi connectivity index (χ0n) is 16.8. The summed E-state index contributed by atoms with van der Waals surface area (Å²) >= 11 is 3.38. The van der Waals surface area contributed by atoms with Crippen molar-refractivity contribution < 1.29 is 19.4 Å². The summed E-state index contributed by atoms with van der Waals surface area (Å²) in [5, 5.41) is 9.03. The molecule has 0 fully saturated rings. The highest BCUT2D eigenvalue weighted by molar-refractivity contribution is 9.10. The van der Waals surface area contributed by atoms with Crippen LogP contribution in [0.1, 0.15) is 18.2 Å². The Hall–Kier alpha value is -3.26. The first-order valence-corrected chi connectivity index (χ1v) is 9.87. The van der Waals surface area contributed by atoms with E-state index in [9.17, 15) is 9.59 Å². The maximum absolute atomic E-state index is 12.7. The van der Waals surface area contributed by atoms with E-state index in [0.29, 0.717) is 27.2 Å². The number of benzene rings is 2. The van der Waals surface area contributed by atoms with Crippen molar-refractivity contribution >= 4 is 28.0 Å². The van der Waals surface area contributed by atoms with Crippen molar-refractivity contribution in [3.05, 3.63) is 80.2 Å². The van der Waals surface area contributed by atoms with Crippen LogP contribution in [0.3, 0.4) is 0 Å². The van der Waals surface area contributed by atoms with Crippen molar-refractivity contribution in [3.8, 4) is 17.2 Å². The molecule has 7 nitrogen and oxygen atoms in total. The second-order valence-corrected chi connectivity index (χ2v) is 7.36. The normalized spacial score (nSPS) is 11.4. The lowest BCUT2D eigenvalue weighted by Gasteiger charge is -2.13. The highest BCUT2D eigenvalue weighted by Gasteiger charge is 2.18. The summed E-state index contributed by atoms with van der Waals surface area (Å²) in [6.45, 7) is 1.65. The van der Waals surface area contributed by atoms with Gasteiger partial charge in [-0.05, 0) is 58.8 Å². The standard InChI is InChI=1S/C22H21BrN2O5/c1-14(22(27)28)11-15-9-10-18(19(12-15)29-3)30-13-17-20(23)21(26)25(24(17)2)16-7-5-4-6-8-16/h4-12H,13H2,1-3H3,(H,27,28)/b14-11+. The Morgan fingerprint density at radius 1 is 1.17 bits per heavy atom. The van der Waals surface area contributed by atoms with Crippen LogP contribution in [0.4, 0.5) is 0 Å². The molecular weight excluding hydrogens is 452 g/mol. The van der Waals surface area contributed by atoms with Crippen LogP contribution < -0.4 is 15.0 Å². The number of para-hydroxylation sites is 1. The van der Waals surface area contributed by atoms with Gasteiger partial charge in [-0.25, -0.2) is 9.48 Å². The Kier molecular flexibility index (Phi) is 6.47. The quantitative estimate of drug-likeness (QED) is 0.525. The van der Waals surface area contributed by atoms with Crippen molar-refractivity contribution in [2.45, 2.75) is 13.5 Å². The van der Waals surface area contributed by atoms with Crippen LogP contribution in [0.2, 0.25) is 0 Å². The number of carboxylic acid groups (broad SMARTS) is 1. The number of methoxy groups -OCH3 is 1. The molecule has 30 heavy (non-hydrogen) atoms. The van der Waals surface area contributed by atoms with Gasteiger partial charge in [-0.1, -0.05) is 24.3 Å². The zero-order valence-corrected chi connectivity index (χ0v) is 18.3. The monoisotopic (exact) mass is 472 g/mol. The summed E-state index contributed by atoms with van der Waals surface area (Å²) < 4.78 is 15.0. The van der Waals surface area contributed by atoms with E-state index < -0.39 is 5.97 Å². The van der Waals surface area contributed by atoms with Crippen molar-refractivity contribution in [2.75, 3.05) is 7.11 Å².